The van der Waals surface area contributed by atoms with Crippen molar-refractivity contribution in [1.29, 1.82) is 0 Å². The lowest BCUT2D eigenvalue weighted by atomic mass is 9.97. The van der Waals surface area contributed by atoms with E-state index in [0.717, 1.165) is 25.7 Å². The van der Waals surface area contributed by atoms with E-state index < -0.39 is 6.04 Å². The number of amides is 2. The minimum Gasteiger partial charge on any atom is -0.493 e. The Labute approximate surface area is 165 Å². The van der Waals surface area contributed by atoms with Gasteiger partial charge in [-0.2, -0.15) is 0 Å². The Morgan fingerprint density at radius 3 is 2.25 bits per heavy atom. The van der Waals surface area contributed by atoms with Gasteiger partial charge in [0.05, 0.1) is 7.11 Å². The molecule has 0 heterocycles. The van der Waals surface area contributed by atoms with E-state index >= 15 is 0 Å². The topological polar surface area (TPSA) is 76.7 Å². The van der Waals surface area contributed by atoms with Crippen LogP contribution in [0.4, 0.5) is 5.69 Å². The van der Waals surface area contributed by atoms with Crippen LogP contribution < -0.4 is 20.1 Å². The molecule has 0 saturated heterocycles. The number of rotatable bonds is 7. The molecule has 1 saturated carbocycles. The predicted molar refractivity (Wildman–Crippen MR) is 108 cm³/mol. The van der Waals surface area contributed by atoms with Gasteiger partial charge in [0.15, 0.2) is 11.5 Å². The maximum absolute atomic E-state index is 12.7. The van der Waals surface area contributed by atoms with Crippen LogP contribution in [0.5, 0.6) is 17.2 Å². The SMILES string of the molecule is COc1ccccc1Oc1ccc(NC(=O)C(NC(C)=O)C2CCCC2)cc1. The number of hydrogen-bond acceptors (Lipinski definition) is 4. The quantitative estimate of drug-likeness (QED) is 0.755. The molecule has 1 unspecified atom stereocenters. The number of nitrogens with one attached hydrogen (secondary N) is 2. The number of anilines is 1. The van der Waals surface area contributed by atoms with Gasteiger partial charge in [-0.3, -0.25) is 9.59 Å². The maximum atomic E-state index is 12.7. The normalized spacial score (nSPS) is 14.9. The van der Waals surface area contributed by atoms with Crippen LogP contribution in [-0.4, -0.2) is 25.0 Å². The van der Waals surface area contributed by atoms with Crippen LogP contribution in [-0.2, 0) is 9.59 Å². The van der Waals surface area contributed by atoms with E-state index in [1.54, 1.807) is 31.4 Å². The van der Waals surface area contributed by atoms with Crippen LogP contribution in [0.1, 0.15) is 32.6 Å². The van der Waals surface area contributed by atoms with Crippen molar-refractivity contribution in [3.8, 4) is 17.2 Å². The molecule has 1 aliphatic rings. The van der Waals surface area contributed by atoms with Crippen LogP contribution in [0.3, 0.4) is 0 Å². The Kier molecular flexibility index (Phi) is 6.53. The van der Waals surface area contributed by atoms with Gasteiger partial charge in [0.25, 0.3) is 0 Å². The lowest BCUT2D eigenvalue weighted by Crippen LogP contribution is -2.47. The lowest BCUT2D eigenvalue weighted by Gasteiger charge is -2.23. The number of hydrogen-bond donors (Lipinski definition) is 2. The number of carbonyl (C=O) groups excluding carboxylic acids is 2. The van der Waals surface area contributed by atoms with Gasteiger partial charge in [0.1, 0.15) is 11.8 Å². The first kappa shape index (κ1) is 19.7. The Hall–Kier alpha value is -3.02. The third-order valence-electron chi connectivity index (χ3n) is 4.93. The van der Waals surface area contributed by atoms with Crippen LogP contribution in [0.15, 0.2) is 48.5 Å². The van der Waals surface area contributed by atoms with Crippen molar-refractivity contribution in [3.63, 3.8) is 0 Å². The zero-order chi connectivity index (χ0) is 19.9. The van der Waals surface area contributed by atoms with Crippen molar-refractivity contribution in [3.05, 3.63) is 48.5 Å². The van der Waals surface area contributed by atoms with Gasteiger partial charge >= 0.3 is 0 Å². The van der Waals surface area contributed by atoms with Gasteiger partial charge in [0, 0.05) is 12.6 Å². The summed E-state index contributed by atoms with van der Waals surface area (Å²) >= 11 is 0. The van der Waals surface area contributed by atoms with Gasteiger partial charge in [0.2, 0.25) is 11.8 Å². The fourth-order valence-electron chi connectivity index (χ4n) is 3.56. The van der Waals surface area contributed by atoms with Crippen molar-refractivity contribution in [2.45, 2.75) is 38.6 Å². The van der Waals surface area contributed by atoms with Crippen LogP contribution in [0.2, 0.25) is 0 Å². The van der Waals surface area contributed by atoms with Gasteiger partial charge in [-0.15, -0.1) is 0 Å². The van der Waals surface area contributed by atoms with Crippen LogP contribution >= 0.6 is 0 Å². The van der Waals surface area contributed by atoms with E-state index in [0.29, 0.717) is 22.9 Å². The van der Waals surface area contributed by atoms with Crippen molar-refractivity contribution in [2.24, 2.45) is 5.92 Å². The second kappa shape index (κ2) is 9.26. The number of para-hydroxylation sites is 2. The molecule has 2 aromatic rings. The molecule has 0 radical (unpaired) electrons. The summed E-state index contributed by atoms with van der Waals surface area (Å²) in [5.41, 5.74) is 0.658. The van der Waals surface area contributed by atoms with Crippen molar-refractivity contribution in [2.75, 3.05) is 12.4 Å². The smallest absolute Gasteiger partial charge is 0.247 e. The number of benzene rings is 2. The van der Waals surface area contributed by atoms with E-state index in [1.807, 2.05) is 24.3 Å². The summed E-state index contributed by atoms with van der Waals surface area (Å²) in [4.78, 5) is 24.2. The minimum absolute atomic E-state index is 0.180. The molecule has 0 bridgehead atoms. The predicted octanol–water partition coefficient (Wildman–Crippen LogP) is 4.12. The molecule has 0 aromatic heterocycles. The van der Waals surface area contributed by atoms with Crippen LogP contribution in [0, 0.1) is 5.92 Å². The molecule has 2 amide bonds. The van der Waals surface area contributed by atoms with E-state index in [2.05, 4.69) is 10.6 Å². The fourth-order valence-corrected chi connectivity index (χ4v) is 3.56. The number of ether oxygens (including phenoxy) is 2. The van der Waals surface area contributed by atoms with E-state index in [4.69, 9.17) is 9.47 Å². The Bertz CT molecular complexity index is 814. The molecule has 3 rings (SSSR count). The molecule has 6 heteroatoms. The van der Waals surface area contributed by atoms with Gasteiger partial charge in [-0.25, -0.2) is 0 Å². The Morgan fingerprint density at radius 1 is 1.00 bits per heavy atom. The first-order valence-corrected chi connectivity index (χ1v) is 9.55. The average Bonchev–Trinajstić information content (AvgIpc) is 3.22. The third-order valence-corrected chi connectivity index (χ3v) is 4.93. The molecular weight excluding hydrogens is 356 g/mol. The number of methoxy groups -OCH3 is 1. The van der Waals surface area contributed by atoms with Gasteiger partial charge in [-0.05, 0) is 55.2 Å². The monoisotopic (exact) mass is 382 g/mol. The number of carbonyl (C=O) groups is 2. The maximum Gasteiger partial charge on any atom is 0.247 e. The second-order valence-electron chi connectivity index (χ2n) is 6.99. The summed E-state index contributed by atoms with van der Waals surface area (Å²) in [6.07, 6.45) is 4.13. The highest BCUT2D eigenvalue weighted by Crippen LogP contribution is 2.32. The molecule has 0 spiro atoms. The second-order valence-corrected chi connectivity index (χ2v) is 6.99. The van der Waals surface area contributed by atoms with Gasteiger partial charge in [-0.1, -0.05) is 25.0 Å². The van der Waals surface area contributed by atoms with E-state index in [9.17, 15) is 9.59 Å². The van der Waals surface area contributed by atoms with Crippen LogP contribution in [0.25, 0.3) is 0 Å². The molecule has 2 aromatic carbocycles. The molecule has 6 nitrogen and oxygen atoms in total. The molecule has 148 valence electrons. The highest BCUT2D eigenvalue weighted by Gasteiger charge is 2.31. The first-order chi connectivity index (χ1) is 13.6. The summed E-state index contributed by atoms with van der Waals surface area (Å²) in [6.45, 7) is 1.44. The zero-order valence-electron chi connectivity index (χ0n) is 16.2. The third kappa shape index (κ3) is 5.03. The largest absolute Gasteiger partial charge is 0.493 e. The van der Waals surface area contributed by atoms with E-state index in [1.165, 1.54) is 6.92 Å². The van der Waals surface area contributed by atoms with E-state index in [-0.39, 0.29) is 17.7 Å². The highest BCUT2D eigenvalue weighted by molar-refractivity contribution is 5.97. The Morgan fingerprint density at radius 2 is 1.64 bits per heavy atom. The van der Waals surface area contributed by atoms with Crippen molar-refractivity contribution < 1.29 is 19.1 Å². The standard InChI is InChI=1S/C22H26N2O4/c1-15(25)23-21(16-7-3-4-8-16)22(26)24-17-11-13-18(14-12-17)28-20-10-6-5-9-19(20)27-2/h5-6,9-14,16,21H,3-4,7-8H2,1-2H3,(H,23,25)(H,24,26). The average molecular weight is 382 g/mol. The van der Waals surface area contributed by atoms with Gasteiger partial charge < -0.3 is 20.1 Å². The Balaban J connectivity index is 1.65. The summed E-state index contributed by atoms with van der Waals surface area (Å²) in [5, 5.41) is 5.71. The molecule has 1 atom stereocenters. The fraction of sp³-hybridized carbons (Fsp3) is 0.364. The lowest BCUT2D eigenvalue weighted by molar-refractivity contribution is -0.126. The zero-order valence-corrected chi connectivity index (χ0v) is 16.2. The first-order valence-electron chi connectivity index (χ1n) is 9.55. The summed E-state index contributed by atoms with van der Waals surface area (Å²) in [6, 6.07) is 14.0. The molecule has 28 heavy (non-hydrogen) atoms. The molecule has 2 N–H and O–H groups in total. The summed E-state index contributed by atoms with van der Waals surface area (Å²) in [5.74, 6) is 1.73. The highest BCUT2D eigenvalue weighted by atomic mass is 16.5. The minimum atomic E-state index is -0.496. The summed E-state index contributed by atoms with van der Waals surface area (Å²) in [7, 11) is 1.59. The van der Waals surface area contributed by atoms with Crippen molar-refractivity contribution >= 4 is 17.5 Å². The molecular formula is C22H26N2O4. The summed E-state index contributed by atoms with van der Waals surface area (Å²) < 4.78 is 11.1. The molecule has 1 aliphatic carbocycles. The molecule has 0 aliphatic heterocycles. The van der Waals surface area contributed by atoms with Crippen molar-refractivity contribution in [1.82, 2.24) is 5.32 Å². The molecule has 1 fully saturated rings.